The lowest BCUT2D eigenvalue weighted by atomic mass is 9.84. The van der Waals surface area contributed by atoms with Gasteiger partial charge in [-0.15, -0.1) is 0 Å². The van der Waals surface area contributed by atoms with Crippen molar-refractivity contribution in [1.29, 1.82) is 0 Å². The van der Waals surface area contributed by atoms with E-state index in [1.807, 2.05) is 91.0 Å². The van der Waals surface area contributed by atoms with Crippen LogP contribution in [0.2, 0.25) is 0 Å². The second kappa shape index (κ2) is 8.55. The highest BCUT2D eigenvalue weighted by atomic mass is 16.5. The number of ether oxygens (including phenoxy) is 1. The fourth-order valence-electron chi connectivity index (χ4n) is 6.27. The van der Waals surface area contributed by atoms with E-state index in [2.05, 4.69) is 0 Å². The third-order valence-corrected chi connectivity index (χ3v) is 8.06. The first kappa shape index (κ1) is 16.0. The molecule has 0 bridgehead atoms. The first-order chi connectivity index (χ1) is 23.7. The van der Waals surface area contributed by atoms with Crippen molar-refractivity contribution in [1.82, 2.24) is 0 Å². The van der Waals surface area contributed by atoms with Gasteiger partial charge < -0.3 is 4.74 Å². The summed E-state index contributed by atoms with van der Waals surface area (Å²) in [6.07, 6.45) is 0. The topological polar surface area (TPSA) is 9.23 Å². The van der Waals surface area contributed by atoms with Crippen molar-refractivity contribution in [3.63, 3.8) is 0 Å². The van der Waals surface area contributed by atoms with Gasteiger partial charge in [0.15, 0.2) is 0 Å². The molecule has 0 atom stereocenters. The highest BCUT2D eigenvalue weighted by Gasteiger charge is 2.22. The molecule has 1 heteroatoms. The number of rotatable bonds is 2. The number of benzene rings is 8. The van der Waals surface area contributed by atoms with Crippen LogP contribution in [0.4, 0.5) is 0 Å². The van der Waals surface area contributed by atoms with Crippen molar-refractivity contribution in [3.8, 4) is 44.9 Å². The Labute approximate surface area is 249 Å². The van der Waals surface area contributed by atoms with Crippen molar-refractivity contribution in [2.75, 3.05) is 0 Å². The predicted molar refractivity (Wildman–Crippen MR) is 173 cm³/mol. The van der Waals surface area contributed by atoms with Crippen molar-refractivity contribution in [2.45, 2.75) is 0 Å². The second-order valence-electron chi connectivity index (χ2n) is 10.3. The van der Waals surface area contributed by atoms with Crippen LogP contribution in [0.1, 0.15) is 11.0 Å². The molecule has 0 N–H and O–H groups in total. The van der Waals surface area contributed by atoms with Gasteiger partial charge in [0, 0.05) is 10.9 Å². The third kappa shape index (κ3) is 3.30. The molecule has 1 aliphatic heterocycles. The van der Waals surface area contributed by atoms with Crippen LogP contribution >= 0.6 is 0 Å². The molecule has 0 unspecified atom stereocenters. The molecule has 0 aliphatic carbocycles. The zero-order valence-corrected chi connectivity index (χ0v) is 21.6. The van der Waals surface area contributed by atoms with E-state index >= 15 is 0 Å². The van der Waals surface area contributed by atoms with Gasteiger partial charge in [-0.1, -0.05) is 121 Å². The smallest absolute Gasteiger partial charge is 0.135 e. The van der Waals surface area contributed by atoms with E-state index < -0.39 is 24.2 Å². The molecular formula is C40H24O. The summed E-state index contributed by atoms with van der Waals surface area (Å²) in [6.45, 7) is 0. The fourth-order valence-corrected chi connectivity index (χ4v) is 6.27. The molecule has 1 nitrogen and oxygen atoms in total. The van der Waals surface area contributed by atoms with Gasteiger partial charge in [-0.05, 0) is 89.8 Å². The molecule has 1 heterocycles. The van der Waals surface area contributed by atoms with Gasteiger partial charge in [0.05, 0.1) is 11.0 Å². The monoisotopic (exact) mass is 528 g/mol. The Morgan fingerprint density at radius 1 is 0.439 bits per heavy atom. The first-order valence-corrected chi connectivity index (χ1v) is 13.4. The van der Waals surface area contributed by atoms with E-state index in [4.69, 9.17) is 10.2 Å². The molecule has 1 aliphatic rings. The number of hydrogen-bond acceptors (Lipinski definition) is 1. The highest BCUT2D eigenvalue weighted by molar-refractivity contribution is 6.22. The predicted octanol–water partition coefficient (Wildman–Crippen LogP) is 11.4. The summed E-state index contributed by atoms with van der Waals surface area (Å²) in [5.74, 6) is 1.34. The Balaban J connectivity index is 1.50. The van der Waals surface area contributed by atoms with Crippen LogP contribution in [0.25, 0.3) is 76.5 Å². The highest BCUT2D eigenvalue weighted by Crippen LogP contribution is 2.49. The summed E-state index contributed by atoms with van der Waals surface area (Å²) in [7, 11) is 0. The third-order valence-electron chi connectivity index (χ3n) is 8.06. The minimum Gasteiger partial charge on any atom is -0.456 e. The van der Waals surface area contributed by atoms with Gasteiger partial charge in [0.2, 0.25) is 0 Å². The molecule has 0 fully saturated rings. The van der Waals surface area contributed by atoms with Gasteiger partial charge in [-0.2, -0.15) is 0 Å². The molecule has 0 radical (unpaired) electrons. The summed E-state index contributed by atoms with van der Waals surface area (Å²) in [4.78, 5) is 0. The van der Waals surface area contributed by atoms with E-state index in [0.717, 1.165) is 38.4 Å². The summed E-state index contributed by atoms with van der Waals surface area (Å²) >= 11 is 0. The van der Waals surface area contributed by atoms with Crippen molar-refractivity contribution >= 4 is 43.1 Å². The average molecular weight is 529 g/mol. The van der Waals surface area contributed by atoms with Gasteiger partial charge >= 0.3 is 0 Å². The Morgan fingerprint density at radius 2 is 1.02 bits per heavy atom. The van der Waals surface area contributed by atoms with Gasteiger partial charge in [0.1, 0.15) is 11.5 Å². The summed E-state index contributed by atoms with van der Waals surface area (Å²) in [5, 5.41) is 4.54. The average Bonchev–Trinajstić information content (AvgIpc) is 3.13. The second-order valence-corrected chi connectivity index (χ2v) is 10.3. The van der Waals surface area contributed by atoms with Crippen LogP contribution in [-0.2, 0) is 0 Å². The minimum absolute atomic E-state index is 0.182. The lowest BCUT2D eigenvalue weighted by Crippen LogP contribution is -1.97. The van der Waals surface area contributed by atoms with Gasteiger partial charge in [0.25, 0.3) is 0 Å². The summed E-state index contributed by atoms with van der Waals surface area (Å²) in [5.41, 5.74) is 3.46. The lowest BCUT2D eigenvalue weighted by Gasteiger charge is -2.23. The Hall–Kier alpha value is -5.40. The quantitative estimate of drug-likeness (QED) is 0.203. The van der Waals surface area contributed by atoms with Crippen LogP contribution in [-0.4, -0.2) is 0 Å². The first-order valence-electron chi connectivity index (χ1n) is 17.4. The number of fused-ring (bicyclic) bond motifs is 5. The van der Waals surface area contributed by atoms with Crippen LogP contribution < -0.4 is 4.74 Å². The van der Waals surface area contributed by atoms with E-state index in [1.54, 1.807) is 6.07 Å². The van der Waals surface area contributed by atoms with Crippen LogP contribution in [0.15, 0.2) is 145 Å². The van der Waals surface area contributed by atoms with Gasteiger partial charge in [-0.25, -0.2) is 0 Å². The molecule has 0 spiro atoms. The van der Waals surface area contributed by atoms with Gasteiger partial charge in [-0.3, -0.25) is 0 Å². The SMILES string of the molecule is [2H]c1c([2H])c([2H])c2c(-c3ccc4ccccc4c3)c3c([2H])c([2H])c([2H])c([2H])c3c(-c3ccc4c(c3)-c3cccc5cccc(c35)O4)c2c1[2H]. The van der Waals surface area contributed by atoms with Crippen molar-refractivity contribution < 1.29 is 15.7 Å². The molecular weight excluding hydrogens is 496 g/mol. The maximum absolute atomic E-state index is 9.27. The van der Waals surface area contributed by atoms with Crippen LogP contribution in [0.5, 0.6) is 11.5 Å². The standard InChI is InChI=1S/C40H24O/c1-2-10-27-23-28(20-19-25(27)9-1)38-30-13-3-5-15-32(30)39(33-16-6-4-14-31(33)38)29-21-22-36-35(24-29)34-17-7-11-26-12-8-18-37(41-36)40(26)34/h1-24H/i3D,4D,5D,6D,13D,14D,15D,16D. The molecule has 41 heavy (non-hydrogen) atoms. The number of hydrogen-bond donors (Lipinski definition) is 0. The van der Waals surface area contributed by atoms with Crippen LogP contribution in [0.3, 0.4) is 0 Å². The van der Waals surface area contributed by atoms with Crippen molar-refractivity contribution in [3.05, 3.63) is 145 Å². The van der Waals surface area contributed by atoms with E-state index in [-0.39, 0.29) is 45.7 Å². The molecule has 0 saturated carbocycles. The molecule has 0 amide bonds. The molecule has 9 rings (SSSR count). The molecule has 0 aromatic heterocycles. The molecule has 0 saturated heterocycles. The lowest BCUT2D eigenvalue weighted by molar-refractivity contribution is 0.487. The maximum Gasteiger partial charge on any atom is 0.135 e. The largest absolute Gasteiger partial charge is 0.456 e. The zero-order chi connectivity index (χ0) is 33.9. The summed E-state index contributed by atoms with van der Waals surface area (Å²) in [6, 6.07) is 27.9. The van der Waals surface area contributed by atoms with E-state index in [9.17, 15) is 5.48 Å². The molecule has 8 aromatic carbocycles. The zero-order valence-electron chi connectivity index (χ0n) is 29.6. The Morgan fingerprint density at radius 3 is 1.73 bits per heavy atom. The van der Waals surface area contributed by atoms with Crippen molar-refractivity contribution in [2.24, 2.45) is 0 Å². The molecule has 190 valence electrons. The minimum atomic E-state index is -0.427. The van der Waals surface area contributed by atoms with E-state index in [1.165, 1.54) is 0 Å². The fraction of sp³-hybridized carbons (Fsp3) is 0. The Kier molecular flexibility index (Phi) is 3.34. The summed E-state index contributed by atoms with van der Waals surface area (Å²) < 4.78 is 78.2. The van der Waals surface area contributed by atoms with E-state index in [0.29, 0.717) is 28.0 Å². The van der Waals surface area contributed by atoms with Crippen LogP contribution in [0, 0.1) is 0 Å². The molecule has 8 aromatic rings. The maximum atomic E-state index is 9.27. The Bertz CT molecular complexity index is 2700. The normalized spacial score (nSPS) is 14.8.